The van der Waals surface area contributed by atoms with Gasteiger partial charge in [-0.05, 0) is 46.7 Å². The molecule has 0 aliphatic carbocycles. The van der Waals surface area contributed by atoms with Crippen LogP contribution in [0, 0.1) is 0 Å². The number of hydrogen-bond acceptors (Lipinski definition) is 4. The van der Waals surface area contributed by atoms with Crippen LogP contribution in [-0.2, 0) is 11.3 Å². The van der Waals surface area contributed by atoms with E-state index in [4.69, 9.17) is 21.1 Å². The number of benzene rings is 2. The SMILES string of the molecule is COc1ccc2cc(COC(=O)c3cccnc3Cl)ccc2c1. The molecule has 1 heterocycles. The summed E-state index contributed by atoms with van der Waals surface area (Å²) >= 11 is 5.88. The minimum Gasteiger partial charge on any atom is -0.497 e. The van der Waals surface area contributed by atoms with Crippen LogP contribution in [0.4, 0.5) is 0 Å². The highest BCUT2D eigenvalue weighted by molar-refractivity contribution is 6.32. The molecule has 0 radical (unpaired) electrons. The third-order valence-corrected chi connectivity index (χ3v) is 3.76. The zero-order chi connectivity index (χ0) is 16.2. The zero-order valence-corrected chi connectivity index (χ0v) is 13.2. The second kappa shape index (κ2) is 6.67. The van der Waals surface area contributed by atoms with Crippen molar-refractivity contribution in [3.8, 4) is 5.75 Å². The molecular weight excluding hydrogens is 314 g/mol. The summed E-state index contributed by atoms with van der Waals surface area (Å²) in [7, 11) is 1.64. The maximum atomic E-state index is 12.0. The summed E-state index contributed by atoms with van der Waals surface area (Å²) in [6, 6.07) is 14.9. The standard InChI is InChI=1S/C18H14ClNO3/c1-22-15-7-6-13-9-12(4-5-14(13)10-15)11-23-18(21)16-3-2-8-20-17(16)19/h2-10H,11H2,1H3. The first-order valence-corrected chi connectivity index (χ1v) is 7.39. The molecule has 0 saturated carbocycles. The minimum absolute atomic E-state index is 0.142. The van der Waals surface area contributed by atoms with Crippen molar-refractivity contribution in [3.63, 3.8) is 0 Å². The van der Waals surface area contributed by atoms with E-state index in [2.05, 4.69) is 4.98 Å². The van der Waals surface area contributed by atoms with Crippen molar-refractivity contribution in [2.45, 2.75) is 6.61 Å². The topological polar surface area (TPSA) is 48.4 Å². The number of pyridine rings is 1. The van der Waals surface area contributed by atoms with Gasteiger partial charge in [0.1, 0.15) is 17.5 Å². The molecule has 0 unspecified atom stereocenters. The molecule has 116 valence electrons. The van der Waals surface area contributed by atoms with Crippen molar-refractivity contribution in [3.05, 3.63) is 71.0 Å². The third-order valence-electron chi connectivity index (χ3n) is 3.46. The number of fused-ring (bicyclic) bond motifs is 1. The van der Waals surface area contributed by atoms with Gasteiger partial charge in [0, 0.05) is 6.20 Å². The largest absolute Gasteiger partial charge is 0.497 e. The van der Waals surface area contributed by atoms with Crippen LogP contribution in [0.15, 0.2) is 54.7 Å². The van der Waals surface area contributed by atoms with Crippen LogP contribution >= 0.6 is 11.6 Å². The van der Waals surface area contributed by atoms with Gasteiger partial charge in [-0.2, -0.15) is 0 Å². The number of aromatic nitrogens is 1. The van der Waals surface area contributed by atoms with Gasteiger partial charge in [0.2, 0.25) is 0 Å². The quantitative estimate of drug-likeness (QED) is 0.531. The fraction of sp³-hybridized carbons (Fsp3) is 0.111. The summed E-state index contributed by atoms with van der Waals surface area (Å²) in [5.41, 5.74) is 1.16. The van der Waals surface area contributed by atoms with E-state index in [9.17, 15) is 4.79 Å². The van der Waals surface area contributed by atoms with Gasteiger partial charge in [0.05, 0.1) is 12.7 Å². The number of esters is 1. The Morgan fingerprint density at radius 1 is 1.13 bits per heavy atom. The molecule has 2 aromatic carbocycles. The first-order chi connectivity index (χ1) is 11.2. The Morgan fingerprint density at radius 2 is 1.91 bits per heavy atom. The van der Waals surface area contributed by atoms with E-state index >= 15 is 0 Å². The van der Waals surface area contributed by atoms with Crippen molar-refractivity contribution < 1.29 is 14.3 Å². The molecule has 0 atom stereocenters. The van der Waals surface area contributed by atoms with E-state index in [-0.39, 0.29) is 17.3 Å². The Kier molecular flexibility index (Phi) is 4.44. The van der Waals surface area contributed by atoms with Crippen LogP contribution in [0.3, 0.4) is 0 Å². The zero-order valence-electron chi connectivity index (χ0n) is 12.5. The molecule has 0 spiro atoms. The van der Waals surface area contributed by atoms with Gasteiger partial charge in [-0.25, -0.2) is 9.78 Å². The van der Waals surface area contributed by atoms with Gasteiger partial charge in [-0.3, -0.25) is 0 Å². The average Bonchev–Trinajstić information content (AvgIpc) is 2.59. The minimum atomic E-state index is -0.488. The lowest BCUT2D eigenvalue weighted by atomic mass is 10.1. The number of ether oxygens (including phenoxy) is 2. The first-order valence-electron chi connectivity index (χ1n) is 7.02. The summed E-state index contributed by atoms with van der Waals surface area (Å²) in [6.45, 7) is 0.173. The lowest BCUT2D eigenvalue weighted by Crippen LogP contribution is -2.06. The van der Waals surface area contributed by atoms with Gasteiger partial charge < -0.3 is 9.47 Å². The second-order valence-corrected chi connectivity index (χ2v) is 5.32. The molecule has 3 aromatic rings. The lowest BCUT2D eigenvalue weighted by Gasteiger charge is -2.08. The number of hydrogen-bond donors (Lipinski definition) is 0. The molecule has 0 amide bonds. The Balaban J connectivity index is 1.74. The second-order valence-electron chi connectivity index (χ2n) is 4.97. The summed E-state index contributed by atoms with van der Waals surface area (Å²) in [5.74, 6) is 0.320. The number of carbonyl (C=O) groups is 1. The number of carbonyl (C=O) groups excluding carboxylic acids is 1. The van der Waals surface area contributed by atoms with E-state index in [0.29, 0.717) is 0 Å². The monoisotopic (exact) mass is 327 g/mol. The molecule has 0 saturated heterocycles. The Morgan fingerprint density at radius 3 is 2.70 bits per heavy atom. The highest BCUT2D eigenvalue weighted by atomic mass is 35.5. The molecule has 0 aliphatic heterocycles. The van der Waals surface area contributed by atoms with Gasteiger partial charge in [0.15, 0.2) is 0 Å². The van der Waals surface area contributed by atoms with Gasteiger partial charge in [-0.1, -0.05) is 29.8 Å². The predicted molar refractivity (Wildman–Crippen MR) is 88.9 cm³/mol. The van der Waals surface area contributed by atoms with Crippen LogP contribution in [-0.4, -0.2) is 18.1 Å². The van der Waals surface area contributed by atoms with Crippen LogP contribution in [0.2, 0.25) is 5.15 Å². The van der Waals surface area contributed by atoms with E-state index in [1.54, 1.807) is 19.2 Å². The number of halogens is 1. The molecule has 0 bridgehead atoms. The fourth-order valence-electron chi connectivity index (χ4n) is 2.25. The normalized spacial score (nSPS) is 10.5. The Labute approximate surface area is 138 Å². The smallest absolute Gasteiger partial charge is 0.341 e. The van der Waals surface area contributed by atoms with Crippen molar-refractivity contribution in [2.24, 2.45) is 0 Å². The molecular formula is C18H14ClNO3. The molecule has 3 rings (SSSR count). The molecule has 0 aliphatic rings. The van der Waals surface area contributed by atoms with Crippen molar-refractivity contribution >= 4 is 28.3 Å². The van der Waals surface area contributed by atoms with Crippen LogP contribution in [0.5, 0.6) is 5.75 Å². The van der Waals surface area contributed by atoms with Gasteiger partial charge in [0.25, 0.3) is 0 Å². The molecule has 1 aromatic heterocycles. The summed E-state index contributed by atoms with van der Waals surface area (Å²) in [5, 5.41) is 2.26. The molecule has 23 heavy (non-hydrogen) atoms. The van der Waals surface area contributed by atoms with E-state index in [1.807, 2.05) is 36.4 Å². The Hall–Kier alpha value is -2.59. The number of methoxy groups -OCH3 is 1. The van der Waals surface area contributed by atoms with Crippen molar-refractivity contribution in [2.75, 3.05) is 7.11 Å². The van der Waals surface area contributed by atoms with E-state index in [1.165, 1.54) is 6.20 Å². The van der Waals surface area contributed by atoms with Crippen LogP contribution < -0.4 is 4.74 Å². The number of rotatable bonds is 4. The van der Waals surface area contributed by atoms with Gasteiger partial charge in [-0.15, -0.1) is 0 Å². The van der Waals surface area contributed by atoms with Crippen LogP contribution in [0.1, 0.15) is 15.9 Å². The van der Waals surface area contributed by atoms with Gasteiger partial charge >= 0.3 is 5.97 Å². The Bertz CT molecular complexity index is 864. The van der Waals surface area contributed by atoms with Crippen molar-refractivity contribution in [1.29, 1.82) is 0 Å². The summed E-state index contributed by atoms with van der Waals surface area (Å²) in [4.78, 5) is 15.9. The summed E-state index contributed by atoms with van der Waals surface area (Å²) < 4.78 is 10.5. The van der Waals surface area contributed by atoms with Crippen LogP contribution in [0.25, 0.3) is 10.8 Å². The third kappa shape index (κ3) is 3.43. The lowest BCUT2D eigenvalue weighted by molar-refractivity contribution is 0.0472. The number of nitrogens with zero attached hydrogens (tertiary/aromatic N) is 1. The predicted octanol–water partition coefficient (Wildman–Crippen LogP) is 4.25. The molecule has 0 fully saturated rings. The molecule has 5 heteroatoms. The first kappa shape index (κ1) is 15.3. The molecule has 4 nitrogen and oxygen atoms in total. The highest BCUT2D eigenvalue weighted by Gasteiger charge is 2.12. The maximum absolute atomic E-state index is 12.0. The fourth-order valence-corrected chi connectivity index (χ4v) is 2.45. The van der Waals surface area contributed by atoms with E-state index in [0.717, 1.165) is 22.1 Å². The van der Waals surface area contributed by atoms with Crippen molar-refractivity contribution in [1.82, 2.24) is 4.98 Å². The maximum Gasteiger partial charge on any atom is 0.341 e. The highest BCUT2D eigenvalue weighted by Crippen LogP contribution is 2.22. The average molecular weight is 328 g/mol. The van der Waals surface area contributed by atoms with E-state index < -0.39 is 5.97 Å². The summed E-state index contributed by atoms with van der Waals surface area (Å²) in [6.07, 6.45) is 1.52. The molecule has 0 N–H and O–H groups in total.